The fraction of sp³-hybridized carbons (Fsp3) is 0.526. The molecule has 0 saturated carbocycles. The normalized spacial score (nSPS) is 24.6. The average molecular weight is 339 g/mol. The van der Waals surface area contributed by atoms with E-state index in [1.165, 1.54) is 5.56 Å². The largest absolute Gasteiger partial charge is 0.375 e. The number of nitrogens with zero attached hydrogens (tertiary/aromatic N) is 5. The standard InChI is InChI=1S/C19H25N5O/c1-15-10-21-19(22-11-15)24-7-4-17-13-23(8-9-25-18(17)14-24)12-16-2-5-20-6-3-16/h2-3,5-6,10-11,17-18H,4,7-9,12-14H2,1H3/t17-,18-/m1/s1. The van der Waals surface area contributed by atoms with E-state index >= 15 is 0 Å². The molecule has 0 radical (unpaired) electrons. The summed E-state index contributed by atoms with van der Waals surface area (Å²) in [6, 6.07) is 4.20. The summed E-state index contributed by atoms with van der Waals surface area (Å²) in [5.41, 5.74) is 2.41. The molecule has 2 atom stereocenters. The van der Waals surface area contributed by atoms with Gasteiger partial charge in [0, 0.05) is 63.4 Å². The van der Waals surface area contributed by atoms with E-state index in [-0.39, 0.29) is 6.10 Å². The summed E-state index contributed by atoms with van der Waals surface area (Å²) >= 11 is 0. The van der Waals surface area contributed by atoms with Crippen LogP contribution in [0.1, 0.15) is 17.5 Å². The smallest absolute Gasteiger partial charge is 0.225 e. The van der Waals surface area contributed by atoms with Crippen molar-refractivity contribution in [1.29, 1.82) is 0 Å². The number of anilines is 1. The molecule has 0 amide bonds. The summed E-state index contributed by atoms with van der Waals surface area (Å²) in [5, 5.41) is 0. The average Bonchev–Trinajstić information content (AvgIpc) is 2.84. The van der Waals surface area contributed by atoms with Crippen molar-refractivity contribution in [3.05, 3.63) is 48.0 Å². The van der Waals surface area contributed by atoms with E-state index in [4.69, 9.17) is 4.74 Å². The molecule has 0 aliphatic carbocycles. The minimum absolute atomic E-state index is 0.265. The quantitative estimate of drug-likeness (QED) is 0.851. The fourth-order valence-corrected chi connectivity index (χ4v) is 3.74. The number of hydrogen-bond donors (Lipinski definition) is 0. The molecule has 4 heterocycles. The van der Waals surface area contributed by atoms with Gasteiger partial charge in [-0.3, -0.25) is 9.88 Å². The number of aryl methyl sites for hydroxylation is 1. The molecule has 0 N–H and O–H groups in total. The highest BCUT2D eigenvalue weighted by molar-refractivity contribution is 5.31. The van der Waals surface area contributed by atoms with Gasteiger partial charge in [-0.25, -0.2) is 9.97 Å². The maximum absolute atomic E-state index is 6.20. The SMILES string of the molecule is Cc1cnc(N2CC[C@@H]3CN(Cc4ccncc4)CCO[C@@H]3C2)nc1. The van der Waals surface area contributed by atoms with Crippen LogP contribution in [-0.2, 0) is 11.3 Å². The zero-order valence-electron chi connectivity index (χ0n) is 14.7. The van der Waals surface area contributed by atoms with E-state index in [1.807, 2.05) is 31.7 Å². The Labute approximate surface area is 148 Å². The molecule has 2 aromatic heterocycles. The third kappa shape index (κ3) is 3.96. The van der Waals surface area contributed by atoms with Crippen molar-refractivity contribution in [1.82, 2.24) is 19.9 Å². The maximum Gasteiger partial charge on any atom is 0.225 e. The van der Waals surface area contributed by atoms with Gasteiger partial charge in [-0.15, -0.1) is 0 Å². The van der Waals surface area contributed by atoms with Crippen LogP contribution in [0.25, 0.3) is 0 Å². The van der Waals surface area contributed by atoms with Crippen molar-refractivity contribution >= 4 is 5.95 Å². The molecule has 2 saturated heterocycles. The Hall–Kier alpha value is -2.05. The van der Waals surface area contributed by atoms with Gasteiger partial charge in [0.1, 0.15) is 0 Å². The lowest BCUT2D eigenvalue weighted by Crippen LogP contribution is -2.47. The van der Waals surface area contributed by atoms with Crippen LogP contribution in [0.5, 0.6) is 0 Å². The third-order valence-corrected chi connectivity index (χ3v) is 5.13. The predicted octanol–water partition coefficient (Wildman–Crippen LogP) is 1.91. The van der Waals surface area contributed by atoms with Crippen molar-refractivity contribution in [2.45, 2.75) is 26.0 Å². The topological polar surface area (TPSA) is 54.4 Å². The number of fused-ring (bicyclic) bond motifs is 1. The van der Waals surface area contributed by atoms with Crippen LogP contribution < -0.4 is 4.90 Å². The Morgan fingerprint density at radius 3 is 2.72 bits per heavy atom. The van der Waals surface area contributed by atoms with Crippen LogP contribution in [0, 0.1) is 12.8 Å². The first-order chi connectivity index (χ1) is 12.3. The molecule has 0 bridgehead atoms. The summed E-state index contributed by atoms with van der Waals surface area (Å²) in [6.45, 7) is 7.73. The van der Waals surface area contributed by atoms with Crippen LogP contribution in [-0.4, -0.2) is 58.7 Å². The van der Waals surface area contributed by atoms with Crippen LogP contribution in [0.2, 0.25) is 0 Å². The highest BCUT2D eigenvalue weighted by Crippen LogP contribution is 2.26. The number of rotatable bonds is 3. The van der Waals surface area contributed by atoms with Crippen molar-refractivity contribution in [2.24, 2.45) is 5.92 Å². The van der Waals surface area contributed by atoms with Gasteiger partial charge in [0.15, 0.2) is 0 Å². The van der Waals surface area contributed by atoms with Crippen LogP contribution in [0.15, 0.2) is 36.9 Å². The van der Waals surface area contributed by atoms with E-state index in [0.717, 1.165) is 57.3 Å². The summed E-state index contributed by atoms with van der Waals surface area (Å²) in [5.74, 6) is 1.40. The molecular weight excluding hydrogens is 314 g/mol. The lowest BCUT2D eigenvalue weighted by atomic mass is 9.93. The van der Waals surface area contributed by atoms with Crippen molar-refractivity contribution in [3.8, 4) is 0 Å². The molecular formula is C19H25N5O. The van der Waals surface area contributed by atoms with E-state index in [9.17, 15) is 0 Å². The molecule has 2 aromatic rings. The van der Waals surface area contributed by atoms with Gasteiger partial charge in [-0.2, -0.15) is 0 Å². The van der Waals surface area contributed by atoms with Crippen molar-refractivity contribution in [3.63, 3.8) is 0 Å². The number of pyridine rings is 1. The molecule has 2 aliphatic heterocycles. The molecule has 0 unspecified atom stereocenters. The minimum Gasteiger partial charge on any atom is -0.375 e. The van der Waals surface area contributed by atoms with E-state index in [2.05, 4.69) is 36.9 Å². The summed E-state index contributed by atoms with van der Waals surface area (Å²) in [4.78, 5) is 17.8. The van der Waals surface area contributed by atoms with Crippen LogP contribution >= 0.6 is 0 Å². The van der Waals surface area contributed by atoms with Gasteiger partial charge >= 0.3 is 0 Å². The van der Waals surface area contributed by atoms with Gasteiger partial charge < -0.3 is 9.64 Å². The van der Waals surface area contributed by atoms with E-state index < -0.39 is 0 Å². The Morgan fingerprint density at radius 1 is 1.12 bits per heavy atom. The molecule has 2 aliphatic rings. The molecule has 132 valence electrons. The van der Waals surface area contributed by atoms with Gasteiger partial charge in [-0.05, 0) is 36.6 Å². The second-order valence-corrected chi connectivity index (χ2v) is 7.06. The Morgan fingerprint density at radius 2 is 1.92 bits per heavy atom. The second-order valence-electron chi connectivity index (χ2n) is 7.06. The van der Waals surface area contributed by atoms with Gasteiger partial charge in [0.2, 0.25) is 5.95 Å². The molecule has 2 fully saturated rings. The first kappa shape index (κ1) is 16.4. The van der Waals surface area contributed by atoms with Gasteiger partial charge in [0.05, 0.1) is 12.7 Å². The van der Waals surface area contributed by atoms with Gasteiger partial charge in [0.25, 0.3) is 0 Å². The first-order valence-electron chi connectivity index (χ1n) is 9.04. The van der Waals surface area contributed by atoms with Gasteiger partial charge in [-0.1, -0.05) is 0 Å². The maximum atomic E-state index is 6.20. The minimum atomic E-state index is 0.265. The molecule has 25 heavy (non-hydrogen) atoms. The number of ether oxygens (including phenoxy) is 1. The monoisotopic (exact) mass is 339 g/mol. The van der Waals surface area contributed by atoms with E-state index in [0.29, 0.717) is 5.92 Å². The molecule has 0 spiro atoms. The third-order valence-electron chi connectivity index (χ3n) is 5.13. The van der Waals surface area contributed by atoms with Crippen LogP contribution in [0.4, 0.5) is 5.95 Å². The lowest BCUT2D eigenvalue weighted by molar-refractivity contribution is 0.0249. The number of hydrogen-bond acceptors (Lipinski definition) is 6. The lowest BCUT2D eigenvalue weighted by Gasteiger charge is -2.38. The molecule has 6 nitrogen and oxygen atoms in total. The summed E-state index contributed by atoms with van der Waals surface area (Å²) in [6.07, 6.45) is 8.90. The Kier molecular flexibility index (Phi) is 4.90. The molecule has 0 aromatic carbocycles. The van der Waals surface area contributed by atoms with E-state index in [1.54, 1.807) is 0 Å². The zero-order valence-corrected chi connectivity index (χ0v) is 14.7. The summed E-state index contributed by atoms with van der Waals surface area (Å²) in [7, 11) is 0. The Balaban J connectivity index is 1.39. The summed E-state index contributed by atoms with van der Waals surface area (Å²) < 4.78 is 6.20. The predicted molar refractivity (Wildman–Crippen MR) is 96.3 cm³/mol. The Bertz CT molecular complexity index is 678. The number of piperidine rings is 1. The zero-order chi connectivity index (χ0) is 17.1. The first-order valence-corrected chi connectivity index (χ1v) is 9.04. The highest BCUT2D eigenvalue weighted by atomic mass is 16.5. The van der Waals surface area contributed by atoms with Crippen molar-refractivity contribution in [2.75, 3.05) is 37.7 Å². The van der Waals surface area contributed by atoms with Crippen LogP contribution in [0.3, 0.4) is 0 Å². The number of aromatic nitrogens is 3. The molecule has 6 heteroatoms. The fourth-order valence-electron chi connectivity index (χ4n) is 3.74. The molecule has 4 rings (SSSR count). The van der Waals surface area contributed by atoms with Crippen molar-refractivity contribution < 1.29 is 4.74 Å². The second kappa shape index (κ2) is 7.45. The highest BCUT2D eigenvalue weighted by Gasteiger charge is 2.34.